The molecule has 0 amide bonds. The smallest absolute Gasteiger partial charge is 0.280 e. The Bertz CT molecular complexity index is 878. The molecule has 3 aromatic rings. The zero-order valence-electron chi connectivity index (χ0n) is 11.8. The van der Waals surface area contributed by atoms with Gasteiger partial charge in [0.05, 0.1) is 15.4 Å². The largest absolute Gasteiger partial charge is 0.456 e. The minimum atomic E-state index is -0.451. The van der Waals surface area contributed by atoms with Crippen molar-refractivity contribution in [3.8, 4) is 11.3 Å². The van der Waals surface area contributed by atoms with Gasteiger partial charge in [0.2, 0.25) is 0 Å². The average Bonchev–Trinajstić information content (AvgIpc) is 3.24. The van der Waals surface area contributed by atoms with Crippen LogP contribution >= 0.6 is 11.3 Å². The van der Waals surface area contributed by atoms with Crippen LogP contribution in [0.1, 0.15) is 15.4 Å². The second-order valence-corrected chi connectivity index (χ2v) is 5.60. The molecule has 2 aromatic heterocycles. The Labute approximate surface area is 135 Å². The van der Waals surface area contributed by atoms with Crippen molar-refractivity contribution in [1.82, 2.24) is 0 Å². The van der Waals surface area contributed by atoms with Gasteiger partial charge in [-0.05, 0) is 41.8 Å². The van der Waals surface area contributed by atoms with E-state index in [1.807, 2.05) is 11.4 Å². The molecule has 0 aliphatic rings. The third kappa shape index (κ3) is 3.27. The lowest BCUT2D eigenvalue weighted by atomic mass is 10.1. The summed E-state index contributed by atoms with van der Waals surface area (Å²) in [7, 11) is 0. The number of benzene rings is 1. The second-order valence-electron chi connectivity index (χ2n) is 4.65. The molecule has 0 saturated heterocycles. The SMILES string of the molecule is O=C(C=Cc1ccc(-c2ccccc2[N+](=O)[O-])o1)c1cccs1. The molecule has 114 valence electrons. The average molecular weight is 325 g/mol. The highest BCUT2D eigenvalue weighted by molar-refractivity contribution is 7.12. The van der Waals surface area contributed by atoms with Crippen molar-refractivity contribution in [3.05, 3.63) is 80.7 Å². The highest BCUT2D eigenvalue weighted by atomic mass is 32.1. The van der Waals surface area contributed by atoms with Crippen molar-refractivity contribution in [3.63, 3.8) is 0 Å². The number of nitro groups is 1. The molecule has 3 rings (SSSR count). The molecule has 0 radical (unpaired) electrons. The third-order valence-corrected chi connectivity index (χ3v) is 4.04. The number of carbonyl (C=O) groups is 1. The van der Waals surface area contributed by atoms with E-state index in [0.717, 1.165) is 0 Å². The van der Waals surface area contributed by atoms with Crippen LogP contribution in [0.2, 0.25) is 0 Å². The zero-order valence-corrected chi connectivity index (χ0v) is 12.7. The molecule has 0 spiro atoms. The first kappa shape index (κ1) is 14.9. The summed E-state index contributed by atoms with van der Waals surface area (Å²) in [5.41, 5.74) is 0.383. The van der Waals surface area contributed by atoms with Gasteiger partial charge in [-0.25, -0.2) is 0 Å². The Kier molecular flexibility index (Phi) is 4.16. The van der Waals surface area contributed by atoms with E-state index in [0.29, 0.717) is 22.0 Å². The number of nitro benzene ring substituents is 1. The Morgan fingerprint density at radius 1 is 1.13 bits per heavy atom. The number of nitrogens with zero attached hydrogens (tertiary/aromatic N) is 1. The van der Waals surface area contributed by atoms with Gasteiger partial charge in [0.1, 0.15) is 11.5 Å². The summed E-state index contributed by atoms with van der Waals surface area (Å²) in [5.74, 6) is 0.743. The normalized spacial score (nSPS) is 11.0. The molecule has 1 aromatic carbocycles. The fraction of sp³-hybridized carbons (Fsp3) is 0. The molecule has 0 bridgehead atoms. The van der Waals surface area contributed by atoms with Gasteiger partial charge < -0.3 is 4.42 Å². The van der Waals surface area contributed by atoms with Crippen LogP contribution < -0.4 is 0 Å². The van der Waals surface area contributed by atoms with Crippen LogP contribution in [0.3, 0.4) is 0 Å². The van der Waals surface area contributed by atoms with Crippen LogP contribution in [0.15, 0.2) is 64.4 Å². The van der Waals surface area contributed by atoms with Crippen LogP contribution in [-0.2, 0) is 0 Å². The van der Waals surface area contributed by atoms with Crippen molar-refractivity contribution < 1.29 is 14.1 Å². The van der Waals surface area contributed by atoms with Gasteiger partial charge in [0.25, 0.3) is 5.69 Å². The maximum absolute atomic E-state index is 11.9. The summed E-state index contributed by atoms with van der Waals surface area (Å²) >= 11 is 1.37. The van der Waals surface area contributed by atoms with E-state index in [2.05, 4.69) is 0 Å². The van der Waals surface area contributed by atoms with Gasteiger partial charge in [-0.2, -0.15) is 0 Å². The molecular weight excluding hydrogens is 314 g/mol. The molecule has 0 atom stereocenters. The molecule has 0 unspecified atom stereocenters. The first-order valence-electron chi connectivity index (χ1n) is 6.75. The first-order valence-corrected chi connectivity index (χ1v) is 7.62. The summed E-state index contributed by atoms with van der Waals surface area (Å²) in [4.78, 5) is 23.1. The lowest BCUT2D eigenvalue weighted by Crippen LogP contribution is -1.90. The van der Waals surface area contributed by atoms with Crippen LogP contribution in [-0.4, -0.2) is 10.7 Å². The highest BCUT2D eigenvalue weighted by Gasteiger charge is 2.16. The molecule has 2 heterocycles. The summed E-state index contributed by atoms with van der Waals surface area (Å²) in [6.45, 7) is 0. The maximum atomic E-state index is 11.9. The Hall–Kier alpha value is -2.99. The third-order valence-electron chi connectivity index (χ3n) is 3.16. The Morgan fingerprint density at radius 3 is 2.70 bits per heavy atom. The predicted octanol–water partition coefficient (Wildman–Crippen LogP) is 4.81. The molecule has 0 saturated carbocycles. The van der Waals surface area contributed by atoms with Crippen LogP contribution in [0, 0.1) is 10.1 Å². The van der Waals surface area contributed by atoms with E-state index in [9.17, 15) is 14.9 Å². The maximum Gasteiger partial charge on any atom is 0.280 e. The van der Waals surface area contributed by atoms with Crippen molar-refractivity contribution >= 4 is 28.9 Å². The second kappa shape index (κ2) is 6.41. The number of thiophene rings is 1. The van der Waals surface area contributed by atoms with Crippen molar-refractivity contribution in [2.75, 3.05) is 0 Å². The number of hydrogen-bond acceptors (Lipinski definition) is 5. The molecule has 0 aliphatic carbocycles. The Morgan fingerprint density at radius 2 is 1.96 bits per heavy atom. The number of para-hydroxylation sites is 1. The number of rotatable bonds is 5. The standard InChI is InChI=1S/C17H11NO4S/c19-15(17-6-3-11-23-17)9-7-12-8-10-16(22-12)13-4-1-2-5-14(13)18(20)21/h1-11H. The lowest BCUT2D eigenvalue weighted by Gasteiger charge is -1.98. The van der Waals surface area contributed by atoms with Gasteiger partial charge in [-0.1, -0.05) is 18.2 Å². The topological polar surface area (TPSA) is 73.3 Å². The fourth-order valence-electron chi connectivity index (χ4n) is 2.09. The van der Waals surface area contributed by atoms with E-state index in [1.54, 1.807) is 42.5 Å². The molecule has 0 fully saturated rings. The van der Waals surface area contributed by atoms with Gasteiger partial charge in [-0.3, -0.25) is 14.9 Å². The Balaban J connectivity index is 1.84. The molecule has 23 heavy (non-hydrogen) atoms. The van der Waals surface area contributed by atoms with Crippen LogP contribution in [0.4, 0.5) is 5.69 Å². The monoisotopic (exact) mass is 325 g/mol. The minimum Gasteiger partial charge on any atom is -0.456 e. The van der Waals surface area contributed by atoms with E-state index >= 15 is 0 Å². The number of hydrogen-bond donors (Lipinski definition) is 0. The quantitative estimate of drug-likeness (QED) is 0.292. The van der Waals surface area contributed by atoms with E-state index < -0.39 is 4.92 Å². The van der Waals surface area contributed by atoms with Gasteiger partial charge in [0.15, 0.2) is 5.78 Å². The van der Waals surface area contributed by atoms with Crippen molar-refractivity contribution in [2.45, 2.75) is 0 Å². The number of ketones is 1. The van der Waals surface area contributed by atoms with E-state index in [4.69, 9.17) is 4.42 Å². The lowest BCUT2D eigenvalue weighted by molar-refractivity contribution is -0.384. The number of carbonyl (C=O) groups excluding carboxylic acids is 1. The fourth-order valence-corrected chi connectivity index (χ4v) is 2.73. The summed E-state index contributed by atoms with van der Waals surface area (Å²) in [6.07, 6.45) is 2.98. The number of allylic oxidation sites excluding steroid dienone is 1. The summed E-state index contributed by atoms with van der Waals surface area (Å²) in [5, 5.41) is 12.9. The molecule has 0 N–H and O–H groups in total. The van der Waals surface area contributed by atoms with E-state index in [-0.39, 0.29) is 11.5 Å². The van der Waals surface area contributed by atoms with Crippen molar-refractivity contribution in [1.29, 1.82) is 0 Å². The van der Waals surface area contributed by atoms with Crippen LogP contribution in [0.25, 0.3) is 17.4 Å². The highest BCUT2D eigenvalue weighted by Crippen LogP contribution is 2.31. The van der Waals surface area contributed by atoms with Crippen LogP contribution in [0.5, 0.6) is 0 Å². The summed E-state index contributed by atoms with van der Waals surface area (Å²) < 4.78 is 5.59. The predicted molar refractivity (Wildman–Crippen MR) is 88.5 cm³/mol. The molecule has 5 nitrogen and oxygen atoms in total. The molecule has 6 heteroatoms. The van der Waals surface area contributed by atoms with E-state index in [1.165, 1.54) is 23.5 Å². The van der Waals surface area contributed by atoms with Gasteiger partial charge >= 0.3 is 0 Å². The number of furan rings is 1. The van der Waals surface area contributed by atoms with Crippen molar-refractivity contribution in [2.24, 2.45) is 0 Å². The molecule has 0 aliphatic heterocycles. The zero-order chi connectivity index (χ0) is 16.2. The van der Waals surface area contributed by atoms with Gasteiger partial charge in [-0.15, -0.1) is 11.3 Å². The first-order chi connectivity index (χ1) is 11.1. The van der Waals surface area contributed by atoms with Gasteiger partial charge in [0, 0.05) is 6.07 Å². The minimum absolute atomic E-state index is 0.0213. The molecular formula is C17H11NO4S. The summed E-state index contributed by atoms with van der Waals surface area (Å²) in [6, 6.07) is 13.2.